The molecule has 0 aromatic heterocycles. The molecule has 0 saturated carbocycles. The van der Waals surface area contributed by atoms with Crippen LogP contribution in [0.4, 0.5) is 10.5 Å². The van der Waals surface area contributed by atoms with Crippen LogP contribution in [0.1, 0.15) is 25.3 Å². The molecule has 3 amide bonds. The molecule has 2 heterocycles. The van der Waals surface area contributed by atoms with Crippen LogP contribution in [0.2, 0.25) is 0 Å². The first-order valence-electron chi connectivity index (χ1n) is 10.8. The third kappa shape index (κ3) is 4.76. The Balaban J connectivity index is 1.30. The van der Waals surface area contributed by atoms with E-state index in [1.807, 2.05) is 60.4 Å². The van der Waals surface area contributed by atoms with Crippen LogP contribution < -0.4 is 19.7 Å². The Morgan fingerprint density at radius 2 is 1.81 bits per heavy atom. The van der Waals surface area contributed by atoms with Gasteiger partial charge in [0.25, 0.3) is 0 Å². The fraction of sp³-hybridized carbons (Fsp3) is 0.417. The molecule has 4 rings (SSSR count). The number of nitrogens with zero attached hydrogens (tertiary/aromatic N) is 2. The lowest BCUT2D eigenvalue weighted by molar-refractivity contribution is -0.126. The van der Waals surface area contributed by atoms with Gasteiger partial charge in [-0.15, -0.1) is 0 Å². The van der Waals surface area contributed by atoms with Crippen molar-refractivity contribution in [1.82, 2.24) is 10.2 Å². The predicted molar refractivity (Wildman–Crippen MR) is 118 cm³/mol. The number of ether oxygens (including phenoxy) is 2. The Labute approximate surface area is 182 Å². The topological polar surface area (TPSA) is 71.1 Å². The summed E-state index contributed by atoms with van der Waals surface area (Å²) < 4.78 is 11.0. The van der Waals surface area contributed by atoms with Crippen molar-refractivity contribution in [2.24, 2.45) is 5.92 Å². The molecule has 1 atom stereocenters. The number of amides is 3. The first-order valence-corrected chi connectivity index (χ1v) is 10.8. The van der Waals surface area contributed by atoms with Crippen LogP contribution in [0.15, 0.2) is 48.5 Å². The second kappa shape index (κ2) is 9.29. The molecular weight excluding hydrogens is 394 g/mol. The lowest BCUT2D eigenvalue weighted by atomic mass is 9.96. The highest BCUT2D eigenvalue weighted by molar-refractivity contribution is 5.94. The van der Waals surface area contributed by atoms with E-state index in [-0.39, 0.29) is 24.0 Å². The van der Waals surface area contributed by atoms with Crippen LogP contribution in [0.3, 0.4) is 0 Å². The molecule has 0 spiro atoms. The standard InChI is InChI=1S/C24H29N3O4/c1-17-16-27(21-5-3-4-6-22(21)31-17)24(29)26-13-11-19(12-14-26)23(28)25-15-18-7-9-20(30-2)10-8-18/h3-10,17,19H,11-16H2,1-2H3,(H,25,28)/t17-/m1/s1. The molecule has 7 heteroatoms. The molecule has 1 fully saturated rings. The molecule has 2 aliphatic heterocycles. The molecule has 164 valence electrons. The minimum absolute atomic E-state index is 0.0142. The average molecular weight is 424 g/mol. The number of urea groups is 1. The number of methoxy groups -OCH3 is 1. The third-order valence-electron chi connectivity index (χ3n) is 5.92. The van der Waals surface area contributed by atoms with Crippen LogP contribution in [0.5, 0.6) is 11.5 Å². The summed E-state index contributed by atoms with van der Waals surface area (Å²) in [7, 11) is 1.63. The maximum absolute atomic E-state index is 13.2. The van der Waals surface area contributed by atoms with Crippen LogP contribution in [0, 0.1) is 5.92 Å². The highest BCUT2D eigenvalue weighted by Gasteiger charge is 2.33. The first-order chi connectivity index (χ1) is 15.0. The van der Waals surface area contributed by atoms with Gasteiger partial charge < -0.3 is 19.7 Å². The normalized spacial score (nSPS) is 18.7. The van der Waals surface area contributed by atoms with Gasteiger partial charge in [-0.1, -0.05) is 24.3 Å². The lowest BCUT2D eigenvalue weighted by Gasteiger charge is -2.39. The van der Waals surface area contributed by atoms with Gasteiger partial charge in [-0.3, -0.25) is 9.69 Å². The van der Waals surface area contributed by atoms with Crippen LogP contribution in [0.25, 0.3) is 0 Å². The van der Waals surface area contributed by atoms with E-state index < -0.39 is 0 Å². The molecule has 0 bridgehead atoms. The number of fused-ring (bicyclic) bond motifs is 1. The summed E-state index contributed by atoms with van der Waals surface area (Å²) in [6, 6.07) is 15.3. The summed E-state index contributed by atoms with van der Waals surface area (Å²) in [6.07, 6.45) is 1.28. The van der Waals surface area contributed by atoms with Gasteiger partial charge in [0.1, 0.15) is 17.6 Å². The van der Waals surface area contributed by atoms with Gasteiger partial charge in [0, 0.05) is 25.6 Å². The van der Waals surface area contributed by atoms with E-state index in [0.29, 0.717) is 39.0 Å². The van der Waals surface area contributed by atoms with E-state index >= 15 is 0 Å². The van der Waals surface area contributed by atoms with E-state index in [9.17, 15) is 9.59 Å². The molecule has 1 N–H and O–H groups in total. The third-order valence-corrected chi connectivity index (χ3v) is 5.92. The number of nitrogens with one attached hydrogen (secondary N) is 1. The summed E-state index contributed by atoms with van der Waals surface area (Å²) >= 11 is 0. The number of likely N-dealkylation sites (tertiary alicyclic amines) is 1. The second-order valence-corrected chi connectivity index (χ2v) is 8.12. The fourth-order valence-corrected chi connectivity index (χ4v) is 4.15. The first kappa shape index (κ1) is 21.0. The number of rotatable bonds is 4. The SMILES string of the molecule is COc1ccc(CNC(=O)C2CCN(C(=O)N3C[C@@H](C)Oc4ccccc43)CC2)cc1. The number of para-hydroxylation sites is 2. The van der Waals surface area contributed by atoms with Crippen molar-refractivity contribution in [2.45, 2.75) is 32.4 Å². The number of benzene rings is 2. The van der Waals surface area contributed by atoms with Crippen LogP contribution in [-0.4, -0.2) is 49.7 Å². The van der Waals surface area contributed by atoms with E-state index in [4.69, 9.17) is 9.47 Å². The van der Waals surface area contributed by atoms with Gasteiger partial charge in [0.2, 0.25) is 5.91 Å². The summed E-state index contributed by atoms with van der Waals surface area (Å²) in [5.74, 6) is 1.51. The Hall–Kier alpha value is -3.22. The van der Waals surface area contributed by atoms with Crippen molar-refractivity contribution in [3.05, 3.63) is 54.1 Å². The largest absolute Gasteiger partial charge is 0.497 e. The summed E-state index contributed by atoms with van der Waals surface area (Å²) in [6.45, 7) is 4.14. The zero-order chi connectivity index (χ0) is 21.8. The molecule has 7 nitrogen and oxygen atoms in total. The summed E-state index contributed by atoms with van der Waals surface area (Å²) in [4.78, 5) is 29.4. The van der Waals surface area contributed by atoms with Gasteiger partial charge in [-0.25, -0.2) is 4.79 Å². The Bertz CT molecular complexity index is 923. The number of carbonyl (C=O) groups excluding carboxylic acids is 2. The minimum atomic E-state index is -0.0711. The maximum Gasteiger partial charge on any atom is 0.324 e. The molecule has 0 radical (unpaired) electrons. The number of anilines is 1. The molecule has 2 aromatic carbocycles. The monoisotopic (exact) mass is 423 g/mol. The highest BCUT2D eigenvalue weighted by atomic mass is 16.5. The van der Waals surface area contributed by atoms with Crippen molar-refractivity contribution in [2.75, 3.05) is 31.6 Å². The molecule has 0 unspecified atom stereocenters. The van der Waals surface area contributed by atoms with Gasteiger partial charge >= 0.3 is 6.03 Å². The van der Waals surface area contributed by atoms with Crippen LogP contribution >= 0.6 is 0 Å². The number of hydrogen-bond acceptors (Lipinski definition) is 4. The summed E-state index contributed by atoms with van der Waals surface area (Å²) in [5, 5.41) is 3.02. The zero-order valence-electron chi connectivity index (χ0n) is 18.0. The van der Waals surface area contributed by atoms with Crippen molar-refractivity contribution in [1.29, 1.82) is 0 Å². The second-order valence-electron chi connectivity index (χ2n) is 8.12. The highest BCUT2D eigenvalue weighted by Crippen LogP contribution is 2.34. The van der Waals surface area contributed by atoms with Crippen molar-refractivity contribution < 1.29 is 19.1 Å². The molecule has 1 saturated heterocycles. The Kier molecular flexibility index (Phi) is 6.30. The number of piperidine rings is 1. The van der Waals surface area contributed by atoms with Gasteiger partial charge in [0.15, 0.2) is 0 Å². The smallest absolute Gasteiger partial charge is 0.324 e. The van der Waals surface area contributed by atoms with Gasteiger partial charge in [-0.05, 0) is 49.6 Å². The van der Waals surface area contributed by atoms with Crippen molar-refractivity contribution in [3.63, 3.8) is 0 Å². The Morgan fingerprint density at radius 3 is 2.52 bits per heavy atom. The van der Waals surface area contributed by atoms with Crippen molar-refractivity contribution >= 4 is 17.6 Å². The van der Waals surface area contributed by atoms with E-state index in [1.165, 1.54) is 0 Å². The van der Waals surface area contributed by atoms with E-state index in [1.54, 1.807) is 12.0 Å². The van der Waals surface area contributed by atoms with Gasteiger partial charge in [-0.2, -0.15) is 0 Å². The Morgan fingerprint density at radius 1 is 1.10 bits per heavy atom. The van der Waals surface area contributed by atoms with E-state index in [0.717, 1.165) is 22.7 Å². The number of carbonyl (C=O) groups is 2. The average Bonchev–Trinajstić information content (AvgIpc) is 2.82. The fourth-order valence-electron chi connectivity index (χ4n) is 4.15. The quantitative estimate of drug-likeness (QED) is 0.818. The van der Waals surface area contributed by atoms with Crippen LogP contribution in [-0.2, 0) is 11.3 Å². The van der Waals surface area contributed by atoms with Crippen molar-refractivity contribution in [3.8, 4) is 11.5 Å². The van der Waals surface area contributed by atoms with Gasteiger partial charge in [0.05, 0.1) is 19.3 Å². The molecule has 31 heavy (non-hydrogen) atoms. The zero-order valence-corrected chi connectivity index (χ0v) is 18.0. The predicted octanol–water partition coefficient (Wildman–Crippen LogP) is 3.43. The molecule has 2 aliphatic rings. The molecule has 2 aromatic rings. The lowest BCUT2D eigenvalue weighted by Crippen LogP contribution is -2.52. The van der Waals surface area contributed by atoms with E-state index in [2.05, 4.69) is 5.32 Å². The maximum atomic E-state index is 13.2. The minimum Gasteiger partial charge on any atom is -0.497 e. The molecular formula is C24H29N3O4. The molecule has 0 aliphatic carbocycles. The number of hydrogen-bond donors (Lipinski definition) is 1. The summed E-state index contributed by atoms with van der Waals surface area (Å²) in [5.41, 5.74) is 1.84.